The van der Waals surface area contributed by atoms with Crippen molar-refractivity contribution in [3.8, 4) is 5.75 Å². The molecule has 1 amide bonds. The molecular formula is C16H21F3N2O2. The molecule has 1 aromatic carbocycles. The van der Waals surface area contributed by atoms with E-state index in [1.54, 1.807) is 0 Å². The number of ether oxygens (including phenoxy) is 1. The lowest BCUT2D eigenvalue weighted by atomic mass is 10.0. The molecule has 128 valence electrons. The summed E-state index contributed by atoms with van der Waals surface area (Å²) < 4.78 is 43.5. The van der Waals surface area contributed by atoms with E-state index in [0.29, 0.717) is 12.3 Å². The monoisotopic (exact) mass is 330 g/mol. The van der Waals surface area contributed by atoms with Gasteiger partial charge in [0, 0.05) is 6.42 Å². The largest absolute Gasteiger partial charge is 0.491 e. The molecule has 1 aliphatic heterocycles. The molecule has 1 fully saturated rings. The van der Waals surface area contributed by atoms with Crippen LogP contribution in [0.15, 0.2) is 24.3 Å². The van der Waals surface area contributed by atoms with Crippen LogP contribution >= 0.6 is 0 Å². The van der Waals surface area contributed by atoms with Gasteiger partial charge in [-0.25, -0.2) is 0 Å². The maximum Gasteiger partial charge on any atom is 0.419 e. The molecule has 2 N–H and O–H groups in total. The van der Waals surface area contributed by atoms with Crippen LogP contribution in [-0.4, -0.2) is 32.1 Å². The molecule has 0 radical (unpaired) electrons. The van der Waals surface area contributed by atoms with Gasteiger partial charge in [0.25, 0.3) is 0 Å². The third kappa shape index (κ3) is 5.74. The Balaban J connectivity index is 1.68. The number of benzene rings is 1. The molecule has 1 aromatic rings. The molecular weight excluding hydrogens is 309 g/mol. The van der Waals surface area contributed by atoms with Gasteiger partial charge in [-0.3, -0.25) is 4.79 Å². The highest BCUT2D eigenvalue weighted by molar-refractivity contribution is 5.75. The molecule has 0 spiro atoms. The van der Waals surface area contributed by atoms with Gasteiger partial charge in [0.1, 0.15) is 12.4 Å². The molecule has 23 heavy (non-hydrogen) atoms. The van der Waals surface area contributed by atoms with E-state index in [0.717, 1.165) is 32.0 Å². The minimum Gasteiger partial charge on any atom is -0.491 e. The number of amides is 1. The first-order chi connectivity index (χ1) is 11.0. The lowest BCUT2D eigenvalue weighted by Crippen LogP contribution is -2.28. The van der Waals surface area contributed by atoms with Crippen LogP contribution in [0.4, 0.5) is 13.2 Å². The highest BCUT2D eigenvalue weighted by Crippen LogP contribution is 2.35. The second-order valence-electron chi connectivity index (χ2n) is 5.59. The van der Waals surface area contributed by atoms with Crippen molar-refractivity contribution in [3.63, 3.8) is 0 Å². The summed E-state index contributed by atoms with van der Waals surface area (Å²) in [4.78, 5) is 11.7. The average Bonchev–Trinajstić information content (AvgIpc) is 3.02. The molecule has 1 saturated heterocycles. The summed E-state index contributed by atoms with van der Waals surface area (Å²) in [6, 6.07) is 5.05. The van der Waals surface area contributed by atoms with Gasteiger partial charge in [-0.2, -0.15) is 13.2 Å². The van der Waals surface area contributed by atoms with Crippen LogP contribution in [0.2, 0.25) is 0 Å². The number of para-hydroxylation sites is 1. The summed E-state index contributed by atoms with van der Waals surface area (Å²) in [5, 5.41) is 5.91. The normalized spacial score (nSPS) is 18.0. The second-order valence-corrected chi connectivity index (χ2v) is 5.59. The number of carbonyl (C=O) groups excluding carboxylic acids is 1. The van der Waals surface area contributed by atoms with Crippen molar-refractivity contribution in [1.29, 1.82) is 0 Å². The fraction of sp³-hybridized carbons (Fsp3) is 0.562. The zero-order chi connectivity index (χ0) is 16.7. The molecule has 7 heteroatoms. The van der Waals surface area contributed by atoms with Gasteiger partial charge in [-0.1, -0.05) is 12.1 Å². The maximum atomic E-state index is 12.8. The van der Waals surface area contributed by atoms with Gasteiger partial charge in [0.15, 0.2) is 0 Å². The fourth-order valence-electron chi connectivity index (χ4n) is 2.56. The van der Waals surface area contributed by atoms with E-state index < -0.39 is 11.7 Å². The summed E-state index contributed by atoms with van der Waals surface area (Å²) in [6.45, 7) is 2.14. The first-order valence-corrected chi connectivity index (χ1v) is 7.73. The Labute approximate surface area is 133 Å². The number of halogens is 3. The van der Waals surface area contributed by atoms with Gasteiger partial charge >= 0.3 is 6.18 Å². The summed E-state index contributed by atoms with van der Waals surface area (Å²) in [6.07, 6.45) is -2.10. The highest BCUT2D eigenvalue weighted by Gasteiger charge is 2.33. The van der Waals surface area contributed by atoms with Crippen LogP contribution in [0.5, 0.6) is 5.75 Å². The summed E-state index contributed by atoms with van der Waals surface area (Å²) in [5.41, 5.74) is -0.806. The van der Waals surface area contributed by atoms with Crippen molar-refractivity contribution >= 4 is 5.91 Å². The van der Waals surface area contributed by atoms with E-state index in [2.05, 4.69) is 10.6 Å². The third-order valence-electron chi connectivity index (χ3n) is 3.82. The van der Waals surface area contributed by atoms with E-state index in [-0.39, 0.29) is 24.8 Å². The van der Waals surface area contributed by atoms with Crippen molar-refractivity contribution in [3.05, 3.63) is 29.8 Å². The minimum atomic E-state index is -4.45. The Morgan fingerprint density at radius 2 is 2.13 bits per heavy atom. The Hall–Kier alpha value is -1.76. The van der Waals surface area contributed by atoms with Crippen molar-refractivity contribution in [2.24, 2.45) is 5.92 Å². The van der Waals surface area contributed by atoms with Crippen molar-refractivity contribution < 1.29 is 22.7 Å². The molecule has 1 aliphatic rings. The predicted molar refractivity (Wildman–Crippen MR) is 80.2 cm³/mol. The van der Waals surface area contributed by atoms with Crippen LogP contribution < -0.4 is 15.4 Å². The topological polar surface area (TPSA) is 50.4 Å². The number of rotatable bonds is 7. The molecule has 1 heterocycles. The zero-order valence-electron chi connectivity index (χ0n) is 12.8. The summed E-state index contributed by atoms with van der Waals surface area (Å²) >= 11 is 0. The van der Waals surface area contributed by atoms with Crippen LogP contribution in [0.3, 0.4) is 0 Å². The quantitative estimate of drug-likeness (QED) is 0.756. The zero-order valence-corrected chi connectivity index (χ0v) is 12.8. The van der Waals surface area contributed by atoms with E-state index in [9.17, 15) is 18.0 Å². The number of alkyl halides is 3. The van der Waals surface area contributed by atoms with Gasteiger partial charge < -0.3 is 15.4 Å². The molecule has 0 saturated carbocycles. The molecule has 0 aromatic heterocycles. The molecule has 0 aliphatic carbocycles. The third-order valence-corrected chi connectivity index (χ3v) is 3.82. The Morgan fingerprint density at radius 1 is 1.35 bits per heavy atom. The van der Waals surface area contributed by atoms with Gasteiger partial charge in [-0.05, 0) is 44.0 Å². The number of hydrogen-bond acceptors (Lipinski definition) is 3. The first kappa shape index (κ1) is 17.6. The van der Waals surface area contributed by atoms with Crippen LogP contribution in [0.25, 0.3) is 0 Å². The van der Waals surface area contributed by atoms with E-state index in [4.69, 9.17) is 4.74 Å². The molecule has 4 nitrogen and oxygen atoms in total. The average molecular weight is 330 g/mol. The minimum absolute atomic E-state index is 0.00379. The summed E-state index contributed by atoms with van der Waals surface area (Å²) in [7, 11) is 0. The number of carbonyl (C=O) groups is 1. The smallest absolute Gasteiger partial charge is 0.419 e. The Morgan fingerprint density at radius 3 is 2.83 bits per heavy atom. The molecule has 1 atom stereocenters. The highest BCUT2D eigenvalue weighted by atomic mass is 19.4. The lowest BCUT2D eigenvalue weighted by molar-refractivity contribution is -0.139. The predicted octanol–water partition coefficient (Wildman–Crippen LogP) is 2.59. The van der Waals surface area contributed by atoms with Crippen molar-refractivity contribution in [1.82, 2.24) is 10.6 Å². The maximum absolute atomic E-state index is 12.8. The van der Waals surface area contributed by atoms with Crippen LogP contribution in [-0.2, 0) is 11.0 Å². The number of nitrogens with one attached hydrogen (secondary N) is 2. The van der Waals surface area contributed by atoms with Crippen molar-refractivity contribution in [2.75, 3.05) is 26.2 Å². The van der Waals surface area contributed by atoms with Gasteiger partial charge in [0.2, 0.25) is 5.91 Å². The molecule has 2 rings (SSSR count). The van der Waals surface area contributed by atoms with E-state index in [1.165, 1.54) is 18.2 Å². The standard InChI is InChI=1S/C16H21F3N2O2/c17-16(18,19)13-3-1-2-4-14(13)23-10-9-21-15(22)6-5-12-7-8-20-11-12/h1-4,12,20H,5-11H2,(H,21,22). The Kier molecular flexibility index (Phi) is 6.27. The van der Waals surface area contributed by atoms with Crippen molar-refractivity contribution in [2.45, 2.75) is 25.4 Å². The SMILES string of the molecule is O=C(CCC1CCNC1)NCCOc1ccccc1C(F)(F)F. The van der Waals surface area contributed by atoms with E-state index in [1.807, 2.05) is 0 Å². The van der Waals surface area contributed by atoms with Gasteiger partial charge in [0.05, 0.1) is 12.1 Å². The van der Waals surface area contributed by atoms with Crippen LogP contribution in [0, 0.1) is 5.92 Å². The van der Waals surface area contributed by atoms with E-state index >= 15 is 0 Å². The second kappa shape index (κ2) is 8.19. The summed E-state index contributed by atoms with van der Waals surface area (Å²) in [5.74, 6) is 0.228. The molecule has 1 unspecified atom stereocenters. The van der Waals surface area contributed by atoms with Crippen LogP contribution in [0.1, 0.15) is 24.8 Å². The number of hydrogen-bond donors (Lipinski definition) is 2. The Bertz CT molecular complexity index is 514. The van der Waals surface area contributed by atoms with Gasteiger partial charge in [-0.15, -0.1) is 0 Å². The first-order valence-electron chi connectivity index (χ1n) is 7.73. The molecule has 0 bridgehead atoms. The fourth-order valence-corrected chi connectivity index (χ4v) is 2.56. The lowest BCUT2D eigenvalue weighted by Gasteiger charge is -2.14.